The van der Waals surface area contributed by atoms with Gasteiger partial charge in [0.25, 0.3) is 0 Å². The average molecular weight is 414 g/mol. The number of hydrogen-bond donors (Lipinski definition) is 1. The van der Waals surface area contributed by atoms with Gasteiger partial charge in [-0.05, 0) is 76.2 Å². The molecule has 2 aromatic rings. The number of aliphatic hydroxyl groups is 1. The summed E-state index contributed by atoms with van der Waals surface area (Å²) in [6.45, 7) is 7.09. The second-order valence-corrected chi connectivity index (χ2v) is 8.11. The zero-order valence-corrected chi connectivity index (χ0v) is 18.6. The first-order valence-electron chi connectivity index (χ1n) is 9.86. The fourth-order valence-electron chi connectivity index (χ4n) is 3.79. The number of hydrogen-bond acceptors (Lipinski definition) is 6. The summed E-state index contributed by atoms with van der Waals surface area (Å²) in [4.78, 5) is 28.5. The van der Waals surface area contributed by atoms with E-state index in [1.807, 2.05) is 0 Å². The lowest BCUT2D eigenvalue weighted by molar-refractivity contribution is 0.0115. The molecule has 0 bridgehead atoms. The molecule has 1 N–H and O–H groups in total. The third-order valence-electron chi connectivity index (χ3n) is 5.49. The molecule has 2 aromatic carbocycles. The van der Waals surface area contributed by atoms with E-state index < -0.39 is 11.1 Å². The molecular weight excluding hydrogens is 382 g/mol. The molecule has 0 aliphatic heterocycles. The maximum absolute atomic E-state index is 13.4. The molecule has 162 valence electrons. The number of carbonyl (C=O) groups excluding carboxylic acids is 2. The molecule has 0 aliphatic rings. The fourth-order valence-corrected chi connectivity index (χ4v) is 3.79. The minimum atomic E-state index is -1.04. The van der Waals surface area contributed by atoms with Crippen LogP contribution in [-0.4, -0.2) is 60.0 Å². The Balaban J connectivity index is 2.39. The lowest BCUT2D eigenvalue weighted by Crippen LogP contribution is -2.63. The second kappa shape index (κ2) is 9.41. The molecule has 30 heavy (non-hydrogen) atoms. The summed E-state index contributed by atoms with van der Waals surface area (Å²) in [5, 5.41) is 9.71. The Morgan fingerprint density at radius 2 is 1.10 bits per heavy atom. The number of Topliss-reactive ketones (excluding diaryl/α,β-unsaturated/α-hetero) is 2. The van der Waals surface area contributed by atoms with Crippen molar-refractivity contribution in [3.05, 3.63) is 59.7 Å². The van der Waals surface area contributed by atoms with Gasteiger partial charge in [-0.25, -0.2) is 0 Å². The molecule has 6 heteroatoms. The Kier molecular flexibility index (Phi) is 7.39. The van der Waals surface area contributed by atoms with Crippen molar-refractivity contribution in [3.63, 3.8) is 0 Å². The van der Waals surface area contributed by atoms with Crippen LogP contribution in [0.25, 0.3) is 0 Å². The van der Waals surface area contributed by atoms with Gasteiger partial charge >= 0.3 is 0 Å². The highest BCUT2D eigenvalue weighted by Crippen LogP contribution is 2.31. The standard InChI is InChI=1S/C24H31NO5/c1-23(2,21(27)17-7-11-19(29-5)12-8-17)25(15-16-26)24(3,4)22(28)18-9-13-20(30-6)14-10-18/h7-14,26H,15-16H2,1-6H3. The van der Waals surface area contributed by atoms with Crippen molar-refractivity contribution < 1.29 is 24.2 Å². The first kappa shape index (κ1) is 23.6. The van der Waals surface area contributed by atoms with Crippen LogP contribution in [0.3, 0.4) is 0 Å². The molecule has 0 fully saturated rings. The third kappa shape index (κ3) is 4.71. The van der Waals surface area contributed by atoms with Gasteiger partial charge < -0.3 is 14.6 Å². The maximum atomic E-state index is 13.4. The highest BCUT2D eigenvalue weighted by Gasteiger charge is 2.46. The lowest BCUT2D eigenvalue weighted by atomic mass is 9.83. The molecule has 0 aliphatic carbocycles. The van der Waals surface area contributed by atoms with Crippen LogP contribution in [0.15, 0.2) is 48.5 Å². The van der Waals surface area contributed by atoms with Gasteiger partial charge in [0.15, 0.2) is 11.6 Å². The number of methoxy groups -OCH3 is 2. The van der Waals surface area contributed by atoms with Crippen molar-refractivity contribution in [2.24, 2.45) is 0 Å². The van der Waals surface area contributed by atoms with Gasteiger partial charge in [-0.2, -0.15) is 0 Å². The largest absolute Gasteiger partial charge is 0.497 e. The summed E-state index contributed by atoms with van der Waals surface area (Å²) in [5.74, 6) is 1.03. The van der Waals surface area contributed by atoms with Crippen molar-refractivity contribution in [1.29, 1.82) is 0 Å². The van der Waals surface area contributed by atoms with Crippen LogP contribution in [-0.2, 0) is 0 Å². The third-order valence-corrected chi connectivity index (χ3v) is 5.49. The van der Waals surface area contributed by atoms with Gasteiger partial charge in [-0.15, -0.1) is 0 Å². The number of β-amino-alcohol motifs (C(OH)–C–C–N with tert-alkyl or cyclic N) is 1. The molecule has 6 nitrogen and oxygen atoms in total. The van der Waals surface area contributed by atoms with Crippen molar-refractivity contribution in [3.8, 4) is 11.5 Å². The zero-order chi connectivity index (χ0) is 22.5. The minimum absolute atomic E-state index is 0.144. The normalized spacial score (nSPS) is 12.0. The Morgan fingerprint density at radius 1 is 0.767 bits per heavy atom. The average Bonchev–Trinajstić information content (AvgIpc) is 2.76. The van der Waals surface area contributed by atoms with Crippen LogP contribution < -0.4 is 9.47 Å². The number of nitrogens with zero attached hydrogens (tertiary/aromatic N) is 1. The molecule has 0 unspecified atom stereocenters. The molecule has 0 saturated heterocycles. The maximum Gasteiger partial charge on any atom is 0.182 e. The lowest BCUT2D eigenvalue weighted by Gasteiger charge is -2.46. The predicted octanol–water partition coefficient (Wildman–Crippen LogP) is 3.62. The summed E-state index contributed by atoms with van der Waals surface area (Å²) in [6.07, 6.45) is 0. The summed E-state index contributed by atoms with van der Waals surface area (Å²) < 4.78 is 10.3. The van der Waals surface area contributed by atoms with E-state index in [1.165, 1.54) is 0 Å². The van der Waals surface area contributed by atoms with Crippen LogP contribution in [0.5, 0.6) is 11.5 Å². The quantitative estimate of drug-likeness (QED) is 0.600. The van der Waals surface area contributed by atoms with Crippen molar-refractivity contribution >= 4 is 11.6 Å². The van der Waals surface area contributed by atoms with Crippen LogP contribution >= 0.6 is 0 Å². The van der Waals surface area contributed by atoms with Gasteiger partial charge in [0.1, 0.15) is 11.5 Å². The molecule has 2 rings (SSSR count). The van der Waals surface area contributed by atoms with Crippen molar-refractivity contribution in [2.75, 3.05) is 27.4 Å². The van der Waals surface area contributed by atoms with E-state index in [1.54, 1.807) is 95.3 Å². The van der Waals surface area contributed by atoms with Gasteiger partial charge in [-0.3, -0.25) is 14.5 Å². The van der Waals surface area contributed by atoms with Gasteiger partial charge in [0.05, 0.1) is 31.9 Å². The Hall–Kier alpha value is -2.70. The van der Waals surface area contributed by atoms with Crippen molar-refractivity contribution in [2.45, 2.75) is 38.8 Å². The van der Waals surface area contributed by atoms with E-state index in [0.717, 1.165) is 0 Å². The predicted molar refractivity (Wildman–Crippen MR) is 117 cm³/mol. The SMILES string of the molecule is COc1ccc(C(=O)C(C)(C)N(CCO)C(C)(C)C(=O)c2ccc(OC)cc2)cc1. The number of rotatable bonds is 10. The number of aliphatic hydroxyl groups excluding tert-OH is 1. The highest BCUT2D eigenvalue weighted by atomic mass is 16.5. The van der Waals surface area contributed by atoms with E-state index in [9.17, 15) is 14.7 Å². The van der Waals surface area contributed by atoms with Crippen LogP contribution in [0.1, 0.15) is 48.4 Å². The molecule has 0 radical (unpaired) electrons. The molecule has 0 saturated carbocycles. The zero-order valence-electron chi connectivity index (χ0n) is 18.6. The smallest absolute Gasteiger partial charge is 0.182 e. The minimum Gasteiger partial charge on any atom is -0.497 e. The number of ether oxygens (including phenoxy) is 2. The van der Waals surface area contributed by atoms with Crippen molar-refractivity contribution in [1.82, 2.24) is 4.90 Å². The Bertz CT molecular complexity index is 798. The molecule has 0 heterocycles. The number of ketones is 2. The summed E-state index contributed by atoms with van der Waals surface area (Å²) in [6, 6.07) is 13.7. The molecule has 0 spiro atoms. The van der Waals surface area contributed by atoms with E-state index in [2.05, 4.69) is 0 Å². The molecular formula is C24H31NO5. The molecule has 0 amide bonds. The summed E-state index contributed by atoms with van der Waals surface area (Å²) >= 11 is 0. The first-order chi connectivity index (χ1) is 14.1. The number of carbonyl (C=O) groups is 2. The van der Waals surface area contributed by atoms with E-state index in [4.69, 9.17) is 9.47 Å². The molecule has 0 atom stereocenters. The van der Waals surface area contributed by atoms with Crippen LogP contribution in [0.4, 0.5) is 0 Å². The number of benzene rings is 2. The second-order valence-electron chi connectivity index (χ2n) is 8.11. The van der Waals surface area contributed by atoms with E-state index in [-0.39, 0.29) is 24.7 Å². The first-order valence-corrected chi connectivity index (χ1v) is 9.86. The monoisotopic (exact) mass is 413 g/mol. The van der Waals surface area contributed by atoms with E-state index in [0.29, 0.717) is 22.6 Å². The highest BCUT2D eigenvalue weighted by molar-refractivity contribution is 6.06. The molecule has 0 aromatic heterocycles. The summed E-state index contributed by atoms with van der Waals surface area (Å²) in [7, 11) is 3.13. The Labute approximate surface area is 178 Å². The fraction of sp³-hybridized carbons (Fsp3) is 0.417. The summed E-state index contributed by atoms with van der Waals surface area (Å²) in [5.41, 5.74) is -1.06. The van der Waals surface area contributed by atoms with Gasteiger partial charge in [0, 0.05) is 17.7 Å². The Morgan fingerprint density at radius 3 is 1.37 bits per heavy atom. The van der Waals surface area contributed by atoms with Crippen LogP contribution in [0, 0.1) is 0 Å². The topological polar surface area (TPSA) is 76.1 Å². The van der Waals surface area contributed by atoms with E-state index >= 15 is 0 Å². The van der Waals surface area contributed by atoms with Gasteiger partial charge in [-0.1, -0.05) is 0 Å². The van der Waals surface area contributed by atoms with Gasteiger partial charge in [0.2, 0.25) is 0 Å². The van der Waals surface area contributed by atoms with Crippen LogP contribution in [0.2, 0.25) is 0 Å².